The maximum atomic E-state index is 13.6. The highest BCUT2D eigenvalue weighted by Gasteiger charge is 2.64. The molecule has 0 aromatic rings. The molecule has 286 valence electrons. The van der Waals surface area contributed by atoms with E-state index in [9.17, 15) is 14.7 Å². The monoisotopic (exact) mass is 725 g/mol. The highest BCUT2D eigenvalue weighted by Crippen LogP contribution is 2.67. The molecule has 2 N–H and O–H groups in total. The van der Waals surface area contributed by atoms with Gasteiger partial charge in [0, 0.05) is 36.3 Å². The van der Waals surface area contributed by atoms with Crippen molar-refractivity contribution in [1.82, 2.24) is 5.32 Å². The van der Waals surface area contributed by atoms with Crippen molar-refractivity contribution in [3.8, 4) is 0 Å². The summed E-state index contributed by atoms with van der Waals surface area (Å²) in [4.78, 5) is 25.7. The number of amides is 1. The summed E-state index contributed by atoms with van der Waals surface area (Å²) in [5, 5.41) is 14.7. The second-order valence-electron chi connectivity index (χ2n) is 15.1. The second kappa shape index (κ2) is 21.4. The molecule has 0 aromatic heterocycles. The summed E-state index contributed by atoms with van der Waals surface area (Å²) in [6.07, 6.45) is 12.9. The Bertz CT molecular complexity index is 1100. The lowest BCUT2D eigenvalue weighted by Crippen LogP contribution is -2.57. The number of hydrogen-bond acceptors (Lipinski definition) is 9. The molecule has 4 aliphatic carbocycles. The minimum Gasteiger partial charge on any atom is -0.393 e. The number of unbranched alkanes of at least 4 members (excludes halogenated alkanes) is 3. The van der Waals surface area contributed by atoms with Crippen LogP contribution in [-0.2, 0) is 38.0 Å². The topological polar surface area (TPSA) is 122 Å². The Kier molecular flexibility index (Phi) is 17.7. The normalized spacial score (nSPS) is 31.6. The fourth-order valence-electron chi connectivity index (χ4n) is 9.46. The Labute approximate surface area is 305 Å². The van der Waals surface area contributed by atoms with Crippen LogP contribution in [0.3, 0.4) is 0 Å². The molecule has 3 unspecified atom stereocenters. The fourth-order valence-corrected chi connectivity index (χ4v) is 9.65. The van der Waals surface area contributed by atoms with Gasteiger partial charge in [0.25, 0.3) is 0 Å². The van der Waals surface area contributed by atoms with Gasteiger partial charge < -0.3 is 38.8 Å². The lowest BCUT2D eigenvalue weighted by molar-refractivity contribution is -0.142. The second-order valence-corrected chi connectivity index (χ2v) is 15.4. The molecule has 0 saturated heterocycles. The van der Waals surface area contributed by atoms with Gasteiger partial charge in [-0.2, -0.15) is 0 Å². The van der Waals surface area contributed by atoms with E-state index in [2.05, 4.69) is 26.1 Å². The van der Waals surface area contributed by atoms with Crippen LogP contribution in [-0.4, -0.2) is 115 Å². The first kappa shape index (κ1) is 41.4. The Balaban J connectivity index is 0.982. The third kappa shape index (κ3) is 11.3. The van der Waals surface area contributed by atoms with E-state index in [4.69, 9.17) is 40.0 Å². The minimum atomic E-state index is -0.511. The zero-order chi connectivity index (χ0) is 35.8. The van der Waals surface area contributed by atoms with Crippen molar-refractivity contribution in [3.05, 3.63) is 23.8 Å². The molecule has 0 radical (unpaired) electrons. The van der Waals surface area contributed by atoms with Crippen molar-refractivity contribution in [2.45, 2.75) is 78.2 Å². The van der Waals surface area contributed by atoms with Crippen LogP contribution in [0.4, 0.5) is 0 Å². The van der Waals surface area contributed by atoms with E-state index in [0.717, 1.165) is 63.0 Å². The molecule has 3 saturated carbocycles. The number of ketones is 1. The lowest BCUT2D eigenvalue weighted by Gasteiger charge is -2.58. The predicted octanol–water partition coefficient (Wildman–Crippen LogP) is 5.14. The molecule has 10 nitrogen and oxygen atoms in total. The van der Waals surface area contributed by atoms with Crippen molar-refractivity contribution in [3.63, 3.8) is 0 Å². The average Bonchev–Trinajstić information content (AvgIpc) is 3.35. The first-order valence-electron chi connectivity index (χ1n) is 19.1. The van der Waals surface area contributed by atoms with Crippen LogP contribution < -0.4 is 5.32 Å². The molecule has 0 aromatic carbocycles. The molecule has 0 spiro atoms. The van der Waals surface area contributed by atoms with E-state index in [1.807, 2.05) is 6.08 Å². The quantitative estimate of drug-likeness (QED) is 0.0974. The van der Waals surface area contributed by atoms with E-state index >= 15 is 0 Å². The van der Waals surface area contributed by atoms with Crippen LogP contribution in [0.2, 0.25) is 0 Å². The summed E-state index contributed by atoms with van der Waals surface area (Å²) in [5.74, 6) is 1.73. The number of alkyl halides is 1. The highest BCUT2D eigenvalue weighted by molar-refractivity contribution is 6.17. The zero-order valence-corrected chi connectivity index (χ0v) is 31.6. The summed E-state index contributed by atoms with van der Waals surface area (Å²) < 4.78 is 33.4. The number of hydrogen-bond donors (Lipinski definition) is 2. The number of rotatable bonds is 25. The Morgan fingerprint density at radius 1 is 0.860 bits per heavy atom. The van der Waals surface area contributed by atoms with Gasteiger partial charge in [0.1, 0.15) is 0 Å². The van der Waals surface area contributed by atoms with Gasteiger partial charge in [-0.25, -0.2) is 0 Å². The number of aliphatic hydroxyl groups is 1. The molecule has 4 rings (SSSR count). The van der Waals surface area contributed by atoms with Gasteiger partial charge in [-0.3, -0.25) is 9.59 Å². The Morgan fingerprint density at radius 2 is 1.42 bits per heavy atom. The van der Waals surface area contributed by atoms with Gasteiger partial charge in [-0.15, -0.1) is 11.6 Å². The number of ether oxygens (including phenoxy) is 6. The van der Waals surface area contributed by atoms with Gasteiger partial charge in [-0.05, 0) is 73.8 Å². The number of aliphatic hydroxyl groups excluding tert-OH is 1. The van der Waals surface area contributed by atoms with E-state index in [1.165, 1.54) is 0 Å². The number of nitrogens with one attached hydrogen (secondary N) is 1. The van der Waals surface area contributed by atoms with Crippen molar-refractivity contribution in [2.75, 3.05) is 91.7 Å². The average molecular weight is 726 g/mol. The first-order chi connectivity index (χ1) is 24.2. The minimum absolute atomic E-state index is 0.0486. The number of allylic oxidation sites excluding steroid dienone is 4. The Hall–Kier alpha value is -1.37. The van der Waals surface area contributed by atoms with Gasteiger partial charge in [-0.1, -0.05) is 45.3 Å². The van der Waals surface area contributed by atoms with Gasteiger partial charge in [0.2, 0.25) is 5.91 Å². The summed E-state index contributed by atoms with van der Waals surface area (Å²) in [5.41, 5.74) is 0.609. The summed E-state index contributed by atoms with van der Waals surface area (Å²) >= 11 is 5.67. The summed E-state index contributed by atoms with van der Waals surface area (Å²) in [6, 6.07) is 0. The molecule has 11 heteroatoms. The molecule has 3 fully saturated rings. The number of carbonyl (C=O) groups excluding carboxylic acids is 2. The van der Waals surface area contributed by atoms with Crippen LogP contribution in [0, 0.1) is 40.4 Å². The SMILES string of the molecule is C[C@@H]1CC2[C@@H]3CCC4=CC(=O)C=C[C@]4(C)C3[C@@H](O)C[C@]2(C)C1C(=O)NCCOCCOCCOCCOCCOCCOCCCCCCCl. The number of carbonyl (C=O) groups is 2. The molecule has 4 aliphatic rings. The van der Waals surface area contributed by atoms with Crippen molar-refractivity contribution in [2.24, 2.45) is 40.4 Å². The maximum Gasteiger partial charge on any atom is 0.224 e. The molecule has 0 aliphatic heterocycles. The smallest absolute Gasteiger partial charge is 0.224 e. The van der Waals surface area contributed by atoms with Crippen molar-refractivity contribution >= 4 is 23.3 Å². The summed E-state index contributed by atoms with van der Waals surface area (Å²) in [7, 11) is 0. The van der Waals surface area contributed by atoms with Gasteiger partial charge >= 0.3 is 0 Å². The molecular formula is C39H64ClNO9. The van der Waals surface area contributed by atoms with Gasteiger partial charge in [0.15, 0.2) is 5.78 Å². The van der Waals surface area contributed by atoms with Crippen LogP contribution in [0.5, 0.6) is 0 Å². The molecule has 0 bridgehead atoms. The molecule has 50 heavy (non-hydrogen) atoms. The predicted molar refractivity (Wildman–Crippen MR) is 193 cm³/mol. The van der Waals surface area contributed by atoms with E-state index in [0.29, 0.717) is 97.5 Å². The van der Waals surface area contributed by atoms with Gasteiger partial charge in [0.05, 0.1) is 78.8 Å². The van der Waals surface area contributed by atoms with Crippen molar-refractivity contribution < 1.29 is 43.1 Å². The number of fused-ring (bicyclic) bond motifs is 5. The Morgan fingerprint density at radius 3 is 2.02 bits per heavy atom. The van der Waals surface area contributed by atoms with Crippen LogP contribution in [0.25, 0.3) is 0 Å². The zero-order valence-electron chi connectivity index (χ0n) is 30.8. The van der Waals surface area contributed by atoms with Crippen LogP contribution in [0.15, 0.2) is 23.8 Å². The molecule has 0 heterocycles. The third-order valence-corrected chi connectivity index (χ3v) is 12.0. The largest absolute Gasteiger partial charge is 0.393 e. The molecule has 8 atom stereocenters. The van der Waals surface area contributed by atoms with Crippen LogP contribution in [0.1, 0.15) is 72.1 Å². The van der Waals surface area contributed by atoms with E-state index in [-0.39, 0.29) is 40.3 Å². The summed E-state index contributed by atoms with van der Waals surface area (Å²) in [6.45, 7) is 13.4. The highest BCUT2D eigenvalue weighted by atomic mass is 35.5. The fraction of sp³-hybridized carbons (Fsp3) is 0.846. The first-order valence-corrected chi connectivity index (χ1v) is 19.7. The van der Waals surface area contributed by atoms with Crippen molar-refractivity contribution in [1.29, 1.82) is 0 Å². The van der Waals surface area contributed by atoms with E-state index < -0.39 is 6.10 Å². The standard InChI is InChI=1S/C39H64ClNO9/c1-29-26-33-32-9-8-30-27-31(42)10-11-38(30,2)36(32)34(43)28-39(33,3)35(29)37(44)41-13-15-46-17-19-48-21-23-50-25-24-49-22-20-47-18-16-45-14-7-5-4-6-12-40/h10-11,27,29,32-36,43H,4-9,12-26,28H2,1-3H3,(H,41,44)/t29-,32+,33?,34+,35?,36?,38+,39+/m1/s1. The van der Waals surface area contributed by atoms with Crippen LogP contribution >= 0.6 is 11.6 Å². The van der Waals surface area contributed by atoms with E-state index in [1.54, 1.807) is 12.2 Å². The molecular weight excluding hydrogens is 662 g/mol. The third-order valence-electron chi connectivity index (χ3n) is 11.7. The number of halogens is 1. The maximum absolute atomic E-state index is 13.6. The lowest BCUT2D eigenvalue weighted by atomic mass is 9.47. The molecule has 1 amide bonds.